The summed E-state index contributed by atoms with van der Waals surface area (Å²) in [5, 5.41) is 0. The SMILES string of the molecule is CS(=O)(=O)OCCC1CCc2ccccc2C1OS(C)(=O)=O. The first kappa shape index (κ1) is 17.4. The average molecular weight is 348 g/mol. The molecule has 22 heavy (non-hydrogen) atoms. The maximum absolute atomic E-state index is 11.5. The Labute approximate surface area is 131 Å². The molecule has 0 aromatic heterocycles. The molecule has 0 aliphatic heterocycles. The minimum atomic E-state index is -3.61. The quantitative estimate of drug-likeness (QED) is 0.726. The van der Waals surface area contributed by atoms with Gasteiger partial charge in [-0.05, 0) is 36.3 Å². The summed E-state index contributed by atoms with van der Waals surface area (Å²) in [5.41, 5.74) is 1.92. The van der Waals surface area contributed by atoms with E-state index in [0.717, 1.165) is 36.5 Å². The van der Waals surface area contributed by atoms with Crippen LogP contribution in [0.25, 0.3) is 0 Å². The van der Waals surface area contributed by atoms with Gasteiger partial charge in [0, 0.05) is 0 Å². The molecule has 1 aliphatic rings. The third kappa shape index (κ3) is 5.05. The highest BCUT2D eigenvalue weighted by Gasteiger charge is 2.32. The molecule has 1 aromatic carbocycles. The molecule has 1 aliphatic carbocycles. The molecule has 0 radical (unpaired) electrons. The summed E-state index contributed by atoms with van der Waals surface area (Å²) < 4.78 is 55.2. The minimum Gasteiger partial charge on any atom is -0.270 e. The fraction of sp³-hybridized carbons (Fsp3) is 0.571. The highest BCUT2D eigenvalue weighted by atomic mass is 32.2. The van der Waals surface area contributed by atoms with Crippen LogP contribution in [0.2, 0.25) is 0 Å². The van der Waals surface area contributed by atoms with Crippen LogP contribution in [0, 0.1) is 5.92 Å². The molecule has 1 aromatic rings. The van der Waals surface area contributed by atoms with Crippen molar-refractivity contribution in [1.29, 1.82) is 0 Å². The van der Waals surface area contributed by atoms with Gasteiger partial charge >= 0.3 is 0 Å². The predicted molar refractivity (Wildman–Crippen MR) is 82.3 cm³/mol. The summed E-state index contributed by atoms with van der Waals surface area (Å²) in [4.78, 5) is 0. The summed E-state index contributed by atoms with van der Waals surface area (Å²) in [6, 6.07) is 7.56. The first-order valence-electron chi connectivity index (χ1n) is 6.96. The van der Waals surface area contributed by atoms with E-state index in [1.165, 1.54) is 0 Å². The van der Waals surface area contributed by atoms with Gasteiger partial charge in [-0.15, -0.1) is 0 Å². The Morgan fingerprint density at radius 1 is 1.09 bits per heavy atom. The Hall–Kier alpha value is -0.960. The fourth-order valence-corrected chi connectivity index (χ4v) is 3.79. The van der Waals surface area contributed by atoms with E-state index in [4.69, 9.17) is 8.37 Å². The van der Waals surface area contributed by atoms with Gasteiger partial charge in [0.1, 0.15) is 6.10 Å². The van der Waals surface area contributed by atoms with Gasteiger partial charge in [0.05, 0.1) is 19.1 Å². The van der Waals surface area contributed by atoms with E-state index in [1.54, 1.807) is 0 Å². The summed E-state index contributed by atoms with van der Waals surface area (Å²) in [7, 11) is -7.11. The van der Waals surface area contributed by atoms with Gasteiger partial charge < -0.3 is 0 Å². The lowest BCUT2D eigenvalue weighted by Crippen LogP contribution is -2.26. The summed E-state index contributed by atoms with van der Waals surface area (Å²) in [6.45, 7) is 0.0231. The lowest BCUT2D eigenvalue weighted by atomic mass is 9.80. The highest BCUT2D eigenvalue weighted by Crippen LogP contribution is 2.39. The van der Waals surface area contributed by atoms with Crippen LogP contribution < -0.4 is 0 Å². The smallest absolute Gasteiger partial charge is 0.264 e. The first-order chi connectivity index (χ1) is 10.2. The normalized spacial score (nSPS) is 22.3. The van der Waals surface area contributed by atoms with Crippen molar-refractivity contribution in [3.8, 4) is 0 Å². The van der Waals surface area contributed by atoms with Crippen molar-refractivity contribution in [2.45, 2.75) is 25.4 Å². The minimum absolute atomic E-state index is 0.0231. The second-order valence-electron chi connectivity index (χ2n) is 5.53. The monoisotopic (exact) mass is 348 g/mol. The zero-order valence-electron chi connectivity index (χ0n) is 12.6. The van der Waals surface area contributed by atoms with E-state index in [-0.39, 0.29) is 12.5 Å². The molecule has 0 bridgehead atoms. The van der Waals surface area contributed by atoms with Crippen molar-refractivity contribution in [3.05, 3.63) is 35.4 Å². The van der Waals surface area contributed by atoms with Crippen molar-refractivity contribution >= 4 is 20.2 Å². The standard InChI is InChI=1S/C14H20O6S2/c1-21(15,16)19-10-9-12-8-7-11-5-3-4-6-13(11)14(12)20-22(2,17)18/h3-6,12,14H,7-10H2,1-2H3. The van der Waals surface area contributed by atoms with Gasteiger partial charge in [-0.1, -0.05) is 24.3 Å². The van der Waals surface area contributed by atoms with Crippen molar-refractivity contribution in [1.82, 2.24) is 0 Å². The fourth-order valence-electron chi connectivity index (χ4n) is 2.75. The van der Waals surface area contributed by atoms with Gasteiger partial charge in [-0.25, -0.2) is 0 Å². The molecule has 0 saturated carbocycles. The number of aryl methyl sites for hydroxylation is 1. The lowest BCUT2D eigenvalue weighted by molar-refractivity contribution is 0.109. The molecule has 2 unspecified atom stereocenters. The van der Waals surface area contributed by atoms with E-state index < -0.39 is 26.3 Å². The molecule has 0 N–H and O–H groups in total. The van der Waals surface area contributed by atoms with Crippen molar-refractivity contribution in [2.75, 3.05) is 19.1 Å². The molecule has 124 valence electrons. The second kappa shape index (κ2) is 6.66. The van der Waals surface area contributed by atoms with E-state index in [1.807, 2.05) is 24.3 Å². The Bertz CT molecular complexity index is 723. The predicted octanol–water partition coefficient (Wildman–Crippen LogP) is 1.63. The van der Waals surface area contributed by atoms with Crippen LogP contribution in [0.15, 0.2) is 24.3 Å². The van der Waals surface area contributed by atoms with Gasteiger partial charge in [0.15, 0.2) is 0 Å². The summed E-state index contributed by atoms with van der Waals surface area (Å²) in [5.74, 6) is -0.105. The zero-order valence-corrected chi connectivity index (χ0v) is 14.2. The highest BCUT2D eigenvalue weighted by molar-refractivity contribution is 7.86. The van der Waals surface area contributed by atoms with E-state index in [2.05, 4.69) is 0 Å². The van der Waals surface area contributed by atoms with Crippen LogP contribution in [-0.2, 0) is 35.0 Å². The molecule has 0 spiro atoms. The Morgan fingerprint density at radius 2 is 1.77 bits per heavy atom. The molecular weight excluding hydrogens is 328 g/mol. The van der Waals surface area contributed by atoms with Crippen LogP contribution in [0.5, 0.6) is 0 Å². The van der Waals surface area contributed by atoms with E-state index >= 15 is 0 Å². The Kier molecular flexibility index (Phi) is 5.26. The Morgan fingerprint density at radius 3 is 2.41 bits per heavy atom. The van der Waals surface area contributed by atoms with Crippen LogP contribution in [0.1, 0.15) is 30.1 Å². The average Bonchev–Trinajstić information content (AvgIpc) is 2.38. The molecule has 2 rings (SSSR count). The molecule has 0 heterocycles. The second-order valence-corrected chi connectivity index (χ2v) is 8.78. The number of rotatable bonds is 6. The van der Waals surface area contributed by atoms with E-state index in [0.29, 0.717) is 6.42 Å². The topological polar surface area (TPSA) is 86.7 Å². The zero-order chi connectivity index (χ0) is 16.4. The molecular formula is C14H20O6S2. The van der Waals surface area contributed by atoms with Gasteiger partial charge in [0.2, 0.25) is 0 Å². The Balaban J connectivity index is 2.18. The van der Waals surface area contributed by atoms with Gasteiger partial charge in [-0.2, -0.15) is 16.8 Å². The maximum Gasteiger partial charge on any atom is 0.264 e. The molecule has 6 nitrogen and oxygen atoms in total. The van der Waals surface area contributed by atoms with Crippen LogP contribution in [-0.4, -0.2) is 36.0 Å². The van der Waals surface area contributed by atoms with Gasteiger partial charge in [0.25, 0.3) is 20.2 Å². The number of benzene rings is 1. The van der Waals surface area contributed by atoms with Gasteiger partial charge in [-0.3, -0.25) is 8.37 Å². The maximum atomic E-state index is 11.5. The van der Waals surface area contributed by atoms with Crippen molar-refractivity contribution in [3.63, 3.8) is 0 Å². The molecule has 0 saturated heterocycles. The van der Waals surface area contributed by atoms with E-state index in [9.17, 15) is 16.8 Å². The third-order valence-corrected chi connectivity index (χ3v) is 4.79. The third-order valence-electron chi connectivity index (χ3n) is 3.64. The number of hydrogen-bond acceptors (Lipinski definition) is 6. The lowest BCUT2D eigenvalue weighted by Gasteiger charge is -2.32. The number of fused-ring (bicyclic) bond motifs is 1. The van der Waals surface area contributed by atoms with Crippen LogP contribution in [0.3, 0.4) is 0 Å². The van der Waals surface area contributed by atoms with Crippen LogP contribution >= 0.6 is 0 Å². The first-order valence-corrected chi connectivity index (χ1v) is 10.6. The summed E-state index contributed by atoms with van der Waals surface area (Å²) >= 11 is 0. The van der Waals surface area contributed by atoms with Crippen molar-refractivity contribution in [2.24, 2.45) is 5.92 Å². The molecule has 0 fully saturated rings. The summed E-state index contributed by atoms with van der Waals surface area (Å²) in [6.07, 6.45) is 3.38. The largest absolute Gasteiger partial charge is 0.270 e. The number of hydrogen-bond donors (Lipinski definition) is 0. The molecule has 0 amide bonds. The molecule has 8 heteroatoms. The van der Waals surface area contributed by atoms with Crippen LogP contribution in [0.4, 0.5) is 0 Å². The molecule has 2 atom stereocenters. The van der Waals surface area contributed by atoms with Crippen molar-refractivity contribution < 1.29 is 25.2 Å².